The molecule has 0 aliphatic rings. The van der Waals surface area contributed by atoms with Crippen molar-refractivity contribution in [3.8, 4) is 5.75 Å². The number of aromatic nitrogens is 1. The predicted molar refractivity (Wildman–Crippen MR) is 123 cm³/mol. The van der Waals surface area contributed by atoms with Crippen LogP contribution in [0.25, 0.3) is 10.9 Å². The molecule has 2 aromatic carbocycles. The third-order valence-electron chi connectivity index (χ3n) is 5.36. The number of fused-ring (bicyclic) bond motifs is 1. The quantitative estimate of drug-likeness (QED) is 0.508. The summed E-state index contributed by atoms with van der Waals surface area (Å²) in [4.78, 5) is 27.7. The minimum absolute atomic E-state index is 0.104. The van der Waals surface area contributed by atoms with E-state index in [0.29, 0.717) is 46.2 Å². The van der Waals surface area contributed by atoms with Crippen LogP contribution < -0.4 is 9.64 Å². The van der Waals surface area contributed by atoms with Crippen LogP contribution in [0.3, 0.4) is 0 Å². The second-order valence-corrected chi connectivity index (χ2v) is 7.86. The number of benzene rings is 2. The summed E-state index contributed by atoms with van der Waals surface area (Å²) in [6, 6.07) is 12.2. The van der Waals surface area contributed by atoms with Crippen molar-refractivity contribution in [3.63, 3.8) is 0 Å². The number of aliphatic hydroxyl groups excluding tert-OH is 1. The highest BCUT2D eigenvalue weighted by molar-refractivity contribution is 6.30. The zero-order valence-corrected chi connectivity index (χ0v) is 18.8. The molecule has 1 heterocycles. The summed E-state index contributed by atoms with van der Waals surface area (Å²) in [5.41, 5.74) is 2.59. The Morgan fingerprint density at radius 2 is 1.81 bits per heavy atom. The number of ether oxygens (including phenoxy) is 1. The zero-order chi connectivity index (χ0) is 22.5. The second-order valence-electron chi connectivity index (χ2n) is 7.42. The van der Waals surface area contributed by atoms with Gasteiger partial charge in [-0.25, -0.2) is 0 Å². The van der Waals surface area contributed by atoms with Crippen LogP contribution in [-0.4, -0.2) is 41.7 Å². The van der Waals surface area contributed by atoms with Crippen molar-refractivity contribution in [2.24, 2.45) is 0 Å². The Kier molecular flexibility index (Phi) is 7.36. The van der Waals surface area contributed by atoms with Crippen molar-refractivity contribution in [1.82, 2.24) is 4.57 Å². The van der Waals surface area contributed by atoms with Crippen molar-refractivity contribution < 1.29 is 19.4 Å². The molecule has 6 nitrogen and oxygen atoms in total. The van der Waals surface area contributed by atoms with Gasteiger partial charge in [0.15, 0.2) is 0 Å². The van der Waals surface area contributed by atoms with Gasteiger partial charge >= 0.3 is 0 Å². The molecule has 0 aliphatic carbocycles. The van der Waals surface area contributed by atoms with Gasteiger partial charge in [0, 0.05) is 41.7 Å². The van der Waals surface area contributed by atoms with Crippen LogP contribution in [0.1, 0.15) is 42.2 Å². The number of rotatable bonds is 8. The first-order valence-electron chi connectivity index (χ1n) is 10.3. The van der Waals surface area contributed by atoms with E-state index in [9.17, 15) is 9.59 Å². The van der Waals surface area contributed by atoms with Gasteiger partial charge in [0.05, 0.1) is 18.3 Å². The molecule has 164 valence electrons. The van der Waals surface area contributed by atoms with Crippen molar-refractivity contribution in [3.05, 3.63) is 58.7 Å². The molecule has 0 radical (unpaired) electrons. The Morgan fingerprint density at radius 1 is 1.10 bits per heavy atom. The van der Waals surface area contributed by atoms with E-state index < -0.39 is 0 Å². The number of anilines is 1. The number of hydrogen-bond donors (Lipinski definition) is 1. The number of hydrogen-bond acceptors (Lipinski definition) is 4. The highest BCUT2D eigenvalue weighted by atomic mass is 35.5. The average molecular weight is 443 g/mol. The van der Waals surface area contributed by atoms with Gasteiger partial charge in [0.2, 0.25) is 5.91 Å². The maximum Gasteiger partial charge on any atom is 0.262 e. The van der Waals surface area contributed by atoms with Crippen LogP contribution in [0.4, 0.5) is 5.69 Å². The van der Waals surface area contributed by atoms with Gasteiger partial charge < -0.3 is 14.7 Å². The summed E-state index contributed by atoms with van der Waals surface area (Å²) < 4.78 is 7.03. The van der Waals surface area contributed by atoms with Crippen LogP contribution in [-0.2, 0) is 4.79 Å². The van der Waals surface area contributed by atoms with Crippen molar-refractivity contribution in [1.29, 1.82) is 0 Å². The van der Waals surface area contributed by atoms with E-state index in [1.807, 2.05) is 19.1 Å². The van der Waals surface area contributed by atoms with Crippen LogP contribution in [0.15, 0.2) is 42.5 Å². The van der Waals surface area contributed by atoms with Crippen LogP contribution >= 0.6 is 11.6 Å². The number of unbranched alkanes of at least 4 members (excludes halogenated alkanes) is 2. The first-order chi connectivity index (χ1) is 14.9. The fraction of sp³-hybridized carbons (Fsp3) is 0.333. The number of amides is 1. The number of carbonyl (C=O) groups excluding carboxylic acids is 2. The monoisotopic (exact) mass is 442 g/mol. The minimum atomic E-state index is -0.195. The smallest absolute Gasteiger partial charge is 0.262 e. The Labute approximate surface area is 187 Å². The van der Waals surface area contributed by atoms with Crippen molar-refractivity contribution in [2.45, 2.75) is 33.1 Å². The van der Waals surface area contributed by atoms with Crippen LogP contribution in [0.5, 0.6) is 5.75 Å². The molecule has 7 heteroatoms. The molecule has 1 N–H and O–H groups in total. The molecule has 0 aliphatic heterocycles. The maximum atomic E-state index is 13.4. The van der Waals surface area contributed by atoms with Crippen molar-refractivity contribution >= 4 is 40.0 Å². The normalized spacial score (nSPS) is 11.0. The topological polar surface area (TPSA) is 71.8 Å². The van der Waals surface area contributed by atoms with E-state index in [-0.39, 0.29) is 18.4 Å². The third kappa shape index (κ3) is 4.75. The fourth-order valence-electron chi connectivity index (χ4n) is 3.82. The van der Waals surface area contributed by atoms with Gasteiger partial charge in [-0.2, -0.15) is 0 Å². The van der Waals surface area contributed by atoms with E-state index in [2.05, 4.69) is 0 Å². The zero-order valence-electron chi connectivity index (χ0n) is 18.0. The van der Waals surface area contributed by atoms with Crippen molar-refractivity contribution in [2.75, 3.05) is 25.2 Å². The lowest BCUT2D eigenvalue weighted by Crippen LogP contribution is -2.30. The average Bonchev–Trinajstić information content (AvgIpc) is 3.04. The molecule has 0 atom stereocenters. The molecule has 0 unspecified atom stereocenters. The number of nitrogens with zero attached hydrogens (tertiary/aromatic N) is 2. The lowest BCUT2D eigenvalue weighted by molar-refractivity contribution is -0.116. The molecule has 0 spiro atoms. The predicted octanol–water partition coefficient (Wildman–Crippen LogP) is 4.82. The second kappa shape index (κ2) is 9.98. The van der Waals surface area contributed by atoms with Gasteiger partial charge in [0.1, 0.15) is 5.75 Å². The van der Waals surface area contributed by atoms with Crippen LogP contribution in [0, 0.1) is 6.92 Å². The lowest BCUT2D eigenvalue weighted by atomic mass is 10.1. The highest BCUT2D eigenvalue weighted by Gasteiger charge is 2.25. The highest BCUT2D eigenvalue weighted by Crippen LogP contribution is 2.37. The molecule has 0 fully saturated rings. The Morgan fingerprint density at radius 3 is 2.42 bits per heavy atom. The van der Waals surface area contributed by atoms with E-state index >= 15 is 0 Å². The summed E-state index contributed by atoms with van der Waals surface area (Å²) in [5, 5.41) is 10.4. The molecule has 1 aromatic heterocycles. The van der Waals surface area contributed by atoms with Gasteiger partial charge in [0.25, 0.3) is 5.91 Å². The summed E-state index contributed by atoms with van der Waals surface area (Å²) in [5.74, 6) is 0.348. The first kappa shape index (κ1) is 22.8. The SMILES string of the molecule is COc1ccc2c(c1)c(N(CCCCCO)C(C)=O)c(C)n2C(=O)c1ccc(Cl)cc1. The number of halogens is 1. The molecule has 0 saturated carbocycles. The first-order valence-corrected chi connectivity index (χ1v) is 10.6. The van der Waals surface area contributed by atoms with Gasteiger partial charge in [-0.1, -0.05) is 11.6 Å². The van der Waals surface area contributed by atoms with E-state index in [1.165, 1.54) is 6.92 Å². The summed E-state index contributed by atoms with van der Waals surface area (Å²) >= 11 is 5.98. The number of aliphatic hydroxyl groups is 1. The number of carbonyl (C=O) groups is 2. The van der Waals surface area contributed by atoms with Gasteiger partial charge in [-0.3, -0.25) is 14.2 Å². The summed E-state index contributed by atoms with van der Waals surface area (Å²) in [7, 11) is 1.58. The Hall–Kier alpha value is -2.83. The number of methoxy groups -OCH3 is 1. The molecule has 0 bridgehead atoms. The molecule has 1 amide bonds. The molecular formula is C24H27ClN2O4. The largest absolute Gasteiger partial charge is 0.497 e. The van der Waals surface area contributed by atoms with E-state index in [4.69, 9.17) is 21.4 Å². The van der Waals surface area contributed by atoms with Gasteiger partial charge in [-0.05, 0) is 68.7 Å². The van der Waals surface area contributed by atoms with E-state index in [0.717, 1.165) is 18.2 Å². The molecule has 3 rings (SSSR count). The fourth-order valence-corrected chi connectivity index (χ4v) is 3.94. The molecule has 0 saturated heterocycles. The van der Waals surface area contributed by atoms with Gasteiger partial charge in [-0.15, -0.1) is 0 Å². The molecule has 31 heavy (non-hydrogen) atoms. The molecule has 3 aromatic rings. The Bertz CT molecular complexity index is 1090. The minimum Gasteiger partial charge on any atom is -0.497 e. The standard InChI is InChI=1S/C24H27ClN2O4/c1-16-23(26(17(2)29)13-5-4-6-14-28)21-15-20(31-3)11-12-22(21)27(16)24(30)18-7-9-19(25)10-8-18/h7-12,15,28H,4-6,13-14H2,1-3H3. The summed E-state index contributed by atoms with van der Waals surface area (Å²) in [6.45, 7) is 4.00. The lowest BCUT2D eigenvalue weighted by Gasteiger charge is -2.22. The van der Waals surface area contributed by atoms with Crippen LogP contribution in [0.2, 0.25) is 5.02 Å². The third-order valence-corrected chi connectivity index (χ3v) is 5.61. The maximum absolute atomic E-state index is 13.4. The Balaban J connectivity index is 2.15. The van der Waals surface area contributed by atoms with E-state index in [1.54, 1.807) is 46.9 Å². The molecular weight excluding hydrogens is 416 g/mol. The summed E-state index contributed by atoms with van der Waals surface area (Å²) in [6.07, 6.45) is 2.25.